The van der Waals surface area contributed by atoms with Crippen LogP contribution in [-0.4, -0.2) is 26.3 Å². The van der Waals surface area contributed by atoms with E-state index < -0.39 is 0 Å². The van der Waals surface area contributed by atoms with Crippen LogP contribution in [-0.2, 0) is 11.2 Å². The first kappa shape index (κ1) is 18.5. The first-order valence-electron chi connectivity index (χ1n) is 8.35. The van der Waals surface area contributed by atoms with Crippen molar-refractivity contribution in [2.24, 2.45) is 5.92 Å². The largest absolute Gasteiger partial charge is 0.324 e. The van der Waals surface area contributed by atoms with Gasteiger partial charge in [0.05, 0.1) is 21.0 Å². The van der Waals surface area contributed by atoms with E-state index >= 15 is 0 Å². The second-order valence-electron chi connectivity index (χ2n) is 6.27. The van der Waals surface area contributed by atoms with Gasteiger partial charge in [-0.3, -0.25) is 9.89 Å². The monoisotopic (exact) mass is 398 g/mol. The van der Waals surface area contributed by atoms with Crippen LogP contribution in [0.4, 0.5) is 5.69 Å². The molecule has 0 saturated heterocycles. The number of nitrogens with zero attached hydrogens (tertiary/aromatic N) is 2. The molecule has 1 aromatic carbocycles. The molecular weight excluding hydrogens is 379 g/mol. The topological polar surface area (TPSA) is 70.7 Å². The maximum atomic E-state index is 12.4. The minimum atomic E-state index is -0.356. The zero-order valence-corrected chi connectivity index (χ0v) is 16.2. The van der Waals surface area contributed by atoms with E-state index in [1.165, 1.54) is 37.4 Å². The molecule has 1 atom stereocenters. The lowest BCUT2D eigenvalue weighted by atomic mass is 10.0. The molecule has 1 aromatic heterocycles. The summed E-state index contributed by atoms with van der Waals surface area (Å²) in [6, 6.07) is 5.14. The fraction of sp³-hybridized carbons (Fsp3) is 0.471. The van der Waals surface area contributed by atoms with Crippen molar-refractivity contribution in [2.45, 2.75) is 49.4 Å². The van der Waals surface area contributed by atoms with E-state index in [1.54, 1.807) is 18.2 Å². The first-order chi connectivity index (χ1) is 12.0. The molecule has 5 nitrogen and oxygen atoms in total. The lowest BCUT2D eigenvalue weighted by Gasteiger charge is -2.11. The number of amides is 1. The SMILES string of the molecule is CC(Sc1n[nH]c(CC2CCCC2)n1)C(=O)Nc1cccc(Cl)c1Cl. The Hall–Kier alpha value is -1.24. The lowest BCUT2D eigenvalue weighted by molar-refractivity contribution is -0.115. The summed E-state index contributed by atoms with van der Waals surface area (Å²) in [6.07, 6.45) is 6.09. The predicted molar refractivity (Wildman–Crippen MR) is 102 cm³/mol. The molecule has 0 radical (unpaired) electrons. The molecule has 1 unspecified atom stereocenters. The number of halogens is 2. The number of H-pyrrole nitrogens is 1. The van der Waals surface area contributed by atoms with E-state index in [-0.39, 0.29) is 11.2 Å². The van der Waals surface area contributed by atoms with Gasteiger partial charge >= 0.3 is 0 Å². The molecule has 1 saturated carbocycles. The van der Waals surface area contributed by atoms with E-state index in [2.05, 4.69) is 20.5 Å². The van der Waals surface area contributed by atoms with Gasteiger partial charge in [-0.25, -0.2) is 4.98 Å². The number of benzene rings is 1. The van der Waals surface area contributed by atoms with Crippen LogP contribution in [0.15, 0.2) is 23.4 Å². The van der Waals surface area contributed by atoms with Crippen molar-refractivity contribution < 1.29 is 4.79 Å². The van der Waals surface area contributed by atoms with E-state index in [0.29, 0.717) is 26.8 Å². The third-order valence-corrected chi connectivity index (χ3v) is 6.11. The quantitative estimate of drug-likeness (QED) is 0.674. The molecular formula is C17H20Cl2N4OS. The molecule has 2 N–H and O–H groups in total. The van der Waals surface area contributed by atoms with Gasteiger partial charge in [0.2, 0.25) is 11.1 Å². The van der Waals surface area contributed by atoms with Gasteiger partial charge in [0.1, 0.15) is 5.82 Å². The molecule has 1 amide bonds. The maximum absolute atomic E-state index is 12.4. The van der Waals surface area contributed by atoms with Crippen molar-refractivity contribution >= 4 is 46.6 Å². The van der Waals surface area contributed by atoms with Gasteiger partial charge in [-0.15, -0.1) is 5.10 Å². The molecule has 3 rings (SSSR count). The Bertz CT molecular complexity index is 746. The van der Waals surface area contributed by atoms with Crippen LogP contribution in [0.3, 0.4) is 0 Å². The van der Waals surface area contributed by atoms with Gasteiger partial charge in [0, 0.05) is 6.42 Å². The highest BCUT2D eigenvalue weighted by Crippen LogP contribution is 2.31. The molecule has 8 heteroatoms. The number of thioether (sulfide) groups is 1. The fourth-order valence-corrected chi connectivity index (χ4v) is 4.05. The average molecular weight is 399 g/mol. The van der Waals surface area contributed by atoms with Crippen molar-refractivity contribution in [3.63, 3.8) is 0 Å². The highest BCUT2D eigenvalue weighted by molar-refractivity contribution is 8.00. The minimum Gasteiger partial charge on any atom is -0.324 e. The summed E-state index contributed by atoms with van der Waals surface area (Å²) in [5, 5.41) is 11.0. The van der Waals surface area contributed by atoms with Crippen molar-refractivity contribution in [3.05, 3.63) is 34.1 Å². The highest BCUT2D eigenvalue weighted by atomic mass is 35.5. The molecule has 1 aliphatic carbocycles. The summed E-state index contributed by atoms with van der Waals surface area (Å²) in [5.74, 6) is 1.44. The molecule has 134 valence electrons. The Labute approximate surface area is 161 Å². The Morgan fingerprint density at radius 3 is 2.92 bits per heavy atom. The van der Waals surface area contributed by atoms with Crippen LogP contribution in [0, 0.1) is 5.92 Å². The second kappa shape index (κ2) is 8.43. The van der Waals surface area contributed by atoms with E-state index in [4.69, 9.17) is 23.2 Å². The van der Waals surface area contributed by atoms with Gasteiger partial charge in [-0.05, 0) is 25.0 Å². The number of carbonyl (C=O) groups is 1. The molecule has 0 aliphatic heterocycles. The highest BCUT2D eigenvalue weighted by Gasteiger charge is 2.20. The third-order valence-electron chi connectivity index (χ3n) is 4.33. The van der Waals surface area contributed by atoms with Crippen LogP contribution in [0.25, 0.3) is 0 Å². The first-order valence-corrected chi connectivity index (χ1v) is 9.99. The van der Waals surface area contributed by atoms with E-state index in [9.17, 15) is 4.79 Å². The number of hydrogen-bond acceptors (Lipinski definition) is 4. The second-order valence-corrected chi connectivity index (χ2v) is 8.36. The van der Waals surface area contributed by atoms with Crippen LogP contribution in [0.5, 0.6) is 0 Å². The standard InChI is InChI=1S/C17H20Cl2N4OS/c1-10(16(24)20-13-8-4-7-12(18)15(13)19)25-17-21-14(22-23-17)9-11-5-2-3-6-11/h4,7-8,10-11H,2-3,5-6,9H2,1H3,(H,20,24)(H,21,22,23). The Kier molecular flexibility index (Phi) is 6.25. The number of carbonyl (C=O) groups excluding carboxylic acids is 1. The minimum absolute atomic E-state index is 0.170. The molecule has 0 spiro atoms. The predicted octanol–water partition coefficient (Wildman–Crippen LogP) is 4.96. The normalized spacial score (nSPS) is 16.1. The number of anilines is 1. The van der Waals surface area contributed by atoms with Crippen molar-refractivity contribution in [1.29, 1.82) is 0 Å². The number of nitrogens with one attached hydrogen (secondary N) is 2. The smallest absolute Gasteiger partial charge is 0.237 e. The van der Waals surface area contributed by atoms with Gasteiger partial charge < -0.3 is 5.32 Å². The summed E-state index contributed by atoms with van der Waals surface area (Å²) in [5.41, 5.74) is 0.503. The summed E-state index contributed by atoms with van der Waals surface area (Å²) >= 11 is 13.4. The molecule has 1 heterocycles. The maximum Gasteiger partial charge on any atom is 0.237 e. The van der Waals surface area contributed by atoms with Crippen LogP contribution >= 0.6 is 35.0 Å². The summed E-state index contributed by atoms with van der Waals surface area (Å²) in [6.45, 7) is 1.81. The molecule has 1 aliphatic rings. The number of aromatic nitrogens is 3. The van der Waals surface area contributed by atoms with Crippen molar-refractivity contribution in [2.75, 3.05) is 5.32 Å². The van der Waals surface area contributed by atoms with Crippen molar-refractivity contribution in [3.8, 4) is 0 Å². The van der Waals surface area contributed by atoms with Crippen molar-refractivity contribution in [1.82, 2.24) is 15.2 Å². The average Bonchev–Trinajstić information content (AvgIpc) is 3.24. The Morgan fingerprint density at radius 2 is 2.16 bits per heavy atom. The third kappa shape index (κ3) is 4.90. The van der Waals surface area contributed by atoms with E-state index in [1.807, 2.05) is 6.92 Å². The van der Waals surface area contributed by atoms with Gasteiger partial charge in [-0.1, -0.05) is 66.7 Å². The lowest BCUT2D eigenvalue weighted by Crippen LogP contribution is -2.22. The van der Waals surface area contributed by atoms with Gasteiger partial charge in [0.25, 0.3) is 0 Å². The van der Waals surface area contributed by atoms with Crippen LogP contribution < -0.4 is 5.32 Å². The fourth-order valence-electron chi connectivity index (χ4n) is 2.96. The zero-order valence-electron chi connectivity index (χ0n) is 13.9. The zero-order chi connectivity index (χ0) is 17.8. The summed E-state index contributed by atoms with van der Waals surface area (Å²) < 4.78 is 0. The van der Waals surface area contributed by atoms with Crippen LogP contribution in [0.2, 0.25) is 10.0 Å². The number of aromatic amines is 1. The van der Waals surface area contributed by atoms with Gasteiger partial charge in [-0.2, -0.15) is 0 Å². The molecule has 0 bridgehead atoms. The molecule has 1 fully saturated rings. The van der Waals surface area contributed by atoms with E-state index in [0.717, 1.165) is 12.2 Å². The molecule has 25 heavy (non-hydrogen) atoms. The Morgan fingerprint density at radius 1 is 1.40 bits per heavy atom. The molecule has 2 aromatic rings. The van der Waals surface area contributed by atoms with Crippen LogP contribution in [0.1, 0.15) is 38.4 Å². The Balaban J connectivity index is 1.56. The summed E-state index contributed by atoms with van der Waals surface area (Å²) in [7, 11) is 0. The number of rotatable bonds is 6. The van der Waals surface area contributed by atoms with Gasteiger partial charge in [0.15, 0.2) is 0 Å². The number of hydrogen-bond donors (Lipinski definition) is 2. The summed E-state index contributed by atoms with van der Waals surface area (Å²) in [4.78, 5) is 16.9.